The Kier molecular flexibility index (Phi) is 6.57. The van der Waals surface area contributed by atoms with E-state index in [0.29, 0.717) is 12.3 Å². The Balaban J connectivity index is 3.61. The number of halogens is 4. The smallest absolute Gasteiger partial charge is 0.0684 e. The van der Waals surface area contributed by atoms with Crippen molar-refractivity contribution in [2.75, 3.05) is 12.3 Å². The van der Waals surface area contributed by atoms with E-state index in [-0.39, 0.29) is 0 Å². The molecule has 0 aromatic heterocycles. The molecule has 0 N–H and O–H groups in total. The molecule has 8 heteroatoms. The lowest BCUT2D eigenvalue weighted by Crippen LogP contribution is -1.83. The summed E-state index contributed by atoms with van der Waals surface area (Å²) in [7, 11) is 0. The molecule has 0 heterocycles. The van der Waals surface area contributed by atoms with Gasteiger partial charge in [-0.15, -0.1) is 0 Å². The topological polar surface area (TPSA) is 0 Å². The third-order valence-electron chi connectivity index (χ3n) is 0.837. The van der Waals surface area contributed by atoms with Gasteiger partial charge in [0.25, 0.3) is 0 Å². The number of hydrogen-bond donors (Lipinski definition) is 0. The Morgan fingerprint density at radius 1 is 0.818 bits per heavy atom. The second-order valence-electron chi connectivity index (χ2n) is 1.94. The van der Waals surface area contributed by atoms with Crippen LogP contribution in [0.5, 0.6) is 0 Å². The van der Waals surface area contributed by atoms with Gasteiger partial charge in [0.05, 0.1) is 0 Å². The van der Waals surface area contributed by atoms with E-state index < -0.39 is 9.49 Å². The van der Waals surface area contributed by atoms with Crippen molar-refractivity contribution in [1.29, 1.82) is 0 Å². The van der Waals surface area contributed by atoms with Gasteiger partial charge >= 0.3 is 0 Å². The first kappa shape index (κ1) is 13.5. The molecular formula is C3H6Cl4P2S2. The predicted octanol–water partition coefficient (Wildman–Crippen LogP) is 4.95. The molecule has 0 fully saturated rings. The van der Waals surface area contributed by atoms with E-state index in [1.807, 2.05) is 0 Å². The lowest BCUT2D eigenvalue weighted by Gasteiger charge is -2.06. The number of rotatable bonds is 4. The summed E-state index contributed by atoms with van der Waals surface area (Å²) in [5, 5.41) is 0. The van der Waals surface area contributed by atoms with E-state index in [9.17, 15) is 0 Å². The van der Waals surface area contributed by atoms with Crippen LogP contribution in [0.4, 0.5) is 0 Å². The van der Waals surface area contributed by atoms with Crippen molar-refractivity contribution < 1.29 is 0 Å². The minimum absolute atomic E-state index is 0.600. The summed E-state index contributed by atoms with van der Waals surface area (Å²) in [5.41, 5.74) is 0. The maximum atomic E-state index is 5.65. The van der Waals surface area contributed by atoms with Gasteiger partial charge in [-0.2, -0.15) is 0 Å². The molecule has 0 aliphatic heterocycles. The monoisotopic (exact) mass is 308 g/mol. The molecule has 0 rings (SSSR count). The van der Waals surface area contributed by atoms with Gasteiger partial charge in [-0.25, -0.2) is 0 Å². The molecule has 0 saturated heterocycles. The van der Waals surface area contributed by atoms with Crippen LogP contribution in [0.1, 0.15) is 6.42 Å². The van der Waals surface area contributed by atoms with Gasteiger partial charge in [0.2, 0.25) is 0 Å². The summed E-state index contributed by atoms with van der Waals surface area (Å²) in [6.07, 6.45) is 1.93. The van der Waals surface area contributed by atoms with Crippen LogP contribution < -0.4 is 0 Å². The van der Waals surface area contributed by atoms with Gasteiger partial charge in [-0.05, 0) is 6.42 Å². The van der Waals surface area contributed by atoms with Crippen LogP contribution >= 0.6 is 54.4 Å². The van der Waals surface area contributed by atoms with Gasteiger partial charge in [0.15, 0.2) is 0 Å². The van der Waals surface area contributed by atoms with Crippen LogP contribution in [0.15, 0.2) is 0 Å². The first-order valence-corrected chi connectivity index (χ1v) is 12.3. The Morgan fingerprint density at radius 2 is 1.09 bits per heavy atom. The van der Waals surface area contributed by atoms with Crippen molar-refractivity contribution in [3.63, 3.8) is 0 Å². The predicted molar refractivity (Wildman–Crippen MR) is 66.3 cm³/mol. The van der Waals surface area contributed by atoms with E-state index >= 15 is 0 Å². The van der Waals surface area contributed by atoms with E-state index in [1.165, 1.54) is 0 Å². The fourth-order valence-electron chi connectivity index (χ4n) is 0.439. The molecule has 0 radical (unpaired) electrons. The highest BCUT2D eigenvalue weighted by molar-refractivity contribution is 8.39. The van der Waals surface area contributed by atoms with Gasteiger partial charge in [0, 0.05) is 12.3 Å². The zero-order valence-electron chi connectivity index (χ0n) is 5.34. The molecule has 0 aliphatic carbocycles. The fraction of sp³-hybridized carbons (Fsp3) is 1.00. The van der Waals surface area contributed by atoms with Gasteiger partial charge < -0.3 is 0 Å². The van der Waals surface area contributed by atoms with Gasteiger partial charge in [-0.1, -0.05) is 68.6 Å². The van der Waals surface area contributed by atoms with E-state index in [2.05, 4.69) is 0 Å². The molecule has 0 atom stereocenters. The average molecular weight is 310 g/mol. The Hall–Kier alpha value is 2.46. The maximum absolute atomic E-state index is 5.65. The van der Waals surface area contributed by atoms with Crippen molar-refractivity contribution in [2.45, 2.75) is 6.42 Å². The van der Waals surface area contributed by atoms with Crippen LogP contribution in [-0.4, -0.2) is 12.3 Å². The summed E-state index contributed by atoms with van der Waals surface area (Å²) in [6.45, 7) is 0. The van der Waals surface area contributed by atoms with E-state index in [4.69, 9.17) is 68.6 Å². The average Bonchev–Trinajstić information content (AvgIpc) is 1.55. The van der Waals surface area contributed by atoms with E-state index in [1.54, 1.807) is 0 Å². The van der Waals surface area contributed by atoms with Crippen LogP contribution in [0.25, 0.3) is 0 Å². The summed E-state index contributed by atoms with van der Waals surface area (Å²) in [6, 6.07) is 0. The van der Waals surface area contributed by atoms with Crippen molar-refractivity contribution in [3.05, 3.63) is 0 Å². The highest BCUT2D eigenvalue weighted by atomic mass is 35.9. The van der Waals surface area contributed by atoms with Crippen LogP contribution in [0.3, 0.4) is 0 Å². The van der Waals surface area contributed by atoms with Crippen LogP contribution in [0, 0.1) is 0 Å². The Bertz CT molecular complexity index is 183. The summed E-state index contributed by atoms with van der Waals surface area (Å²) >= 11 is 32.2. The lowest BCUT2D eigenvalue weighted by molar-refractivity contribution is 1.12. The highest BCUT2D eigenvalue weighted by Crippen LogP contribution is 2.61. The minimum atomic E-state index is -2.12. The summed E-state index contributed by atoms with van der Waals surface area (Å²) < 4.78 is -4.24. The fourth-order valence-corrected chi connectivity index (χ4v) is 3.95. The molecule has 11 heavy (non-hydrogen) atoms. The van der Waals surface area contributed by atoms with Crippen molar-refractivity contribution >= 4 is 78.1 Å². The summed E-state index contributed by atoms with van der Waals surface area (Å²) in [4.78, 5) is 0. The van der Waals surface area contributed by atoms with Gasteiger partial charge in [-0.3, -0.25) is 0 Å². The molecule has 0 unspecified atom stereocenters. The molecule has 0 saturated carbocycles. The minimum Gasteiger partial charge on any atom is -0.0684 e. The third kappa shape index (κ3) is 12.5. The molecular weight excluding hydrogens is 304 g/mol. The van der Waals surface area contributed by atoms with Crippen LogP contribution in [0.2, 0.25) is 0 Å². The second kappa shape index (κ2) is 5.37. The van der Waals surface area contributed by atoms with Crippen LogP contribution in [-0.2, 0) is 23.6 Å². The maximum Gasteiger partial charge on any atom is 0.120 e. The molecule has 68 valence electrons. The molecule has 0 amide bonds. The molecule has 0 aromatic carbocycles. The molecule has 0 aromatic rings. The zero-order valence-corrected chi connectivity index (χ0v) is 11.8. The van der Waals surface area contributed by atoms with Crippen molar-refractivity contribution in [1.82, 2.24) is 0 Å². The quantitative estimate of drug-likeness (QED) is 0.674. The summed E-state index contributed by atoms with van der Waals surface area (Å²) in [5.74, 6) is 0. The Labute approximate surface area is 96.1 Å². The highest BCUT2D eigenvalue weighted by Gasteiger charge is 2.12. The zero-order chi connectivity index (χ0) is 9.12. The largest absolute Gasteiger partial charge is 0.120 e. The molecule has 0 spiro atoms. The normalized spacial score (nSPS) is 13.5. The van der Waals surface area contributed by atoms with Crippen molar-refractivity contribution in [3.8, 4) is 0 Å². The van der Waals surface area contributed by atoms with Crippen molar-refractivity contribution in [2.24, 2.45) is 0 Å². The molecule has 0 bridgehead atoms. The second-order valence-corrected chi connectivity index (χ2v) is 19.2. The SMILES string of the molecule is S=P(Cl)(Cl)CCCP(=S)(Cl)Cl. The Morgan fingerprint density at radius 3 is 1.27 bits per heavy atom. The van der Waals surface area contributed by atoms with E-state index in [0.717, 1.165) is 6.42 Å². The first-order valence-electron chi connectivity index (χ1n) is 2.67. The third-order valence-corrected chi connectivity index (χ3v) is 5.63. The molecule has 0 nitrogen and oxygen atoms in total. The molecule has 0 aliphatic rings. The van der Waals surface area contributed by atoms with Gasteiger partial charge in [0.1, 0.15) is 9.49 Å². The number of hydrogen-bond acceptors (Lipinski definition) is 2. The first-order chi connectivity index (χ1) is 4.71. The lowest BCUT2D eigenvalue weighted by atomic mass is 10.6. The standard InChI is InChI=1S/C3H6Cl4P2S2/c4-8(5,10)2-1-3-9(6,7)11/h1-3H2.